The van der Waals surface area contributed by atoms with Crippen LogP contribution < -0.4 is 14.8 Å². The van der Waals surface area contributed by atoms with Crippen LogP contribution in [0.4, 0.5) is 0 Å². The highest BCUT2D eigenvalue weighted by molar-refractivity contribution is 6.27. The lowest BCUT2D eigenvalue weighted by atomic mass is 10.0. The normalized spacial score (nSPS) is 12.5. The lowest BCUT2D eigenvalue weighted by Gasteiger charge is -2.15. The first-order valence-corrected chi connectivity index (χ1v) is 10.7. The van der Waals surface area contributed by atoms with E-state index < -0.39 is 11.9 Å². The van der Waals surface area contributed by atoms with Crippen molar-refractivity contribution in [2.24, 2.45) is 0 Å². The molecular weight excluding hydrogens is 410 g/mol. The molecule has 2 aromatic rings. The summed E-state index contributed by atoms with van der Waals surface area (Å²) in [5.41, 5.74) is 4.19. The minimum Gasteiger partial charge on any atom is -0.488 e. The van der Waals surface area contributed by atoms with E-state index in [1.807, 2.05) is 38.1 Å². The van der Waals surface area contributed by atoms with Crippen molar-refractivity contribution in [1.82, 2.24) is 5.32 Å². The van der Waals surface area contributed by atoms with E-state index in [4.69, 9.17) is 29.3 Å². The molecule has 0 saturated heterocycles. The van der Waals surface area contributed by atoms with Gasteiger partial charge in [-0.15, -0.1) is 0 Å². The Morgan fingerprint density at radius 2 is 1.75 bits per heavy atom. The van der Waals surface area contributed by atoms with Crippen LogP contribution in [0, 0.1) is 0 Å². The van der Waals surface area contributed by atoms with Gasteiger partial charge >= 0.3 is 11.9 Å². The highest BCUT2D eigenvalue weighted by atomic mass is 16.5. The Morgan fingerprint density at radius 3 is 2.38 bits per heavy atom. The molecule has 7 nitrogen and oxygen atoms in total. The summed E-state index contributed by atoms with van der Waals surface area (Å²) in [4.78, 5) is 18.2. The summed E-state index contributed by atoms with van der Waals surface area (Å²) >= 11 is 0. The van der Waals surface area contributed by atoms with Gasteiger partial charge in [-0.05, 0) is 61.9 Å². The maximum atomic E-state index is 9.10. The van der Waals surface area contributed by atoms with E-state index >= 15 is 0 Å². The lowest BCUT2D eigenvalue weighted by Crippen LogP contribution is -2.21. The van der Waals surface area contributed by atoms with Crippen LogP contribution in [0.5, 0.6) is 11.5 Å². The fourth-order valence-electron chi connectivity index (χ4n) is 3.20. The van der Waals surface area contributed by atoms with Crippen molar-refractivity contribution in [3.8, 4) is 11.5 Å². The van der Waals surface area contributed by atoms with Gasteiger partial charge in [0.1, 0.15) is 6.61 Å². The monoisotopic (exact) mass is 441 g/mol. The second-order valence-corrected chi connectivity index (χ2v) is 7.57. The summed E-state index contributed by atoms with van der Waals surface area (Å²) in [7, 11) is 0. The molecule has 3 N–H and O–H groups in total. The van der Waals surface area contributed by atoms with Gasteiger partial charge in [-0.2, -0.15) is 0 Å². The Bertz CT molecular complexity index is 910. The fourth-order valence-corrected chi connectivity index (χ4v) is 3.20. The molecule has 0 bridgehead atoms. The molecule has 0 aliphatic heterocycles. The standard InChI is InChI=1S/C23H29NO2.C2H2O4/c1-18(2)26-23-13-6-5-12-22(23)25-15-14-24-17-19-8-7-11-21(16-19)20-9-3-4-10-20;3-1(4)2(5)6/h5-9,11-13,16,18,24H,3-4,10,14-15,17H2,1-2H3;(H,3,4)(H,5,6). The maximum Gasteiger partial charge on any atom is 0.414 e. The lowest BCUT2D eigenvalue weighted by molar-refractivity contribution is -0.159. The summed E-state index contributed by atoms with van der Waals surface area (Å²) in [5, 5.41) is 18.2. The molecule has 172 valence electrons. The van der Waals surface area contributed by atoms with Crippen LogP contribution in [-0.4, -0.2) is 41.4 Å². The van der Waals surface area contributed by atoms with E-state index in [1.54, 1.807) is 0 Å². The molecule has 0 saturated carbocycles. The van der Waals surface area contributed by atoms with Gasteiger partial charge in [0.05, 0.1) is 6.10 Å². The molecule has 1 aliphatic rings. The highest BCUT2D eigenvalue weighted by Gasteiger charge is 2.08. The predicted molar refractivity (Wildman–Crippen MR) is 123 cm³/mol. The van der Waals surface area contributed by atoms with Gasteiger partial charge < -0.3 is 25.0 Å². The zero-order valence-corrected chi connectivity index (χ0v) is 18.5. The number of carbonyl (C=O) groups is 2. The first-order valence-electron chi connectivity index (χ1n) is 10.7. The van der Waals surface area contributed by atoms with Gasteiger partial charge in [0.2, 0.25) is 0 Å². The molecule has 2 aromatic carbocycles. The van der Waals surface area contributed by atoms with E-state index in [2.05, 4.69) is 35.7 Å². The van der Waals surface area contributed by atoms with Gasteiger partial charge in [0, 0.05) is 13.1 Å². The molecule has 0 fully saturated rings. The highest BCUT2D eigenvalue weighted by Crippen LogP contribution is 2.28. The SMILES string of the molecule is CC(C)Oc1ccccc1OCCNCc1cccc(C2=CCCC2)c1.O=C(O)C(=O)O. The van der Waals surface area contributed by atoms with E-state index in [1.165, 1.54) is 36.0 Å². The first kappa shape index (κ1) is 24.9. The molecule has 0 unspecified atom stereocenters. The smallest absolute Gasteiger partial charge is 0.414 e. The Balaban J connectivity index is 0.000000534. The third-order valence-corrected chi connectivity index (χ3v) is 4.60. The van der Waals surface area contributed by atoms with Crippen molar-refractivity contribution in [3.63, 3.8) is 0 Å². The maximum absolute atomic E-state index is 9.10. The van der Waals surface area contributed by atoms with Crippen LogP contribution in [-0.2, 0) is 16.1 Å². The number of hydrogen-bond acceptors (Lipinski definition) is 5. The molecule has 0 radical (unpaired) electrons. The Labute approximate surface area is 188 Å². The van der Waals surface area contributed by atoms with E-state index in [0.29, 0.717) is 6.61 Å². The Morgan fingerprint density at radius 1 is 1.03 bits per heavy atom. The molecule has 3 rings (SSSR count). The molecule has 0 atom stereocenters. The van der Waals surface area contributed by atoms with Gasteiger partial charge in [0.25, 0.3) is 0 Å². The molecule has 1 aliphatic carbocycles. The number of nitrogens with one attached hydrogen (secondary N) is 1. The average molecular weight is 442 g/mol. The minimum atomic E-state index is -1.82. The summed E-state index contributed by atoms with van der Waals surface area (Å²) in [6.45, 7) is 6.31. The number of rotatable bonds is 9. The van der Waals surface area contributed by atoms with Gasteiger partial charge in [-0.3, -0.25) is 0 Å². The summed E-state index contributed by atoms with van der Waals surface area (Å²) in [6, 6.07) is 16.7. The number of para-hydroxylation sites is 2. The van der Waals surface area contributed by atoms with Crippen molar-refractivity contribution in [1.29, 1.82) is 0 Å². The largest absolute Gasteiger partial charge is 0.488 e. The van der Waals surface area contributed by atoms with E-state index in [9.17, 15) is 0 Å². The molecule has 0 amide bonds. The fraction of sp³-hybridized carbons (Fsp3) is 0.360. The van der Waals surface area contributed by atoms with Gasteiger partial charge in [-0.25, -0.2) is 9.59 Å². The molecule has 0 spiro atoms. The summed E-state index contributed by atoms with van der Waals surface area (Å²) < 4.78 is 11.7. The molecule has 0 aromatic heterocycles. The van der Waals surface area contributed by atoms with Crippen molar-refractivity contribution in [2.75, 3.05) is 13.2 Å². The number of carboxylic acid groups (broad SMARTS) is 2. The topological polar surface area (TPSA) is 105 Å². The van der Waals surface area contributed by atoms with Crippen molar-refractivity contribution in [3.05, 3.63) is 65.7 Å². The second-order valence-electron chi connectivity index (χ2n) is 7.57. The van der Waals surface area contributed by atoms with Crippen molar-refractivity contribution < 1.29 is 29.3 Å². The van der Waals surface area contributed by atoms with Crippen LogP contribution in [0.15, 0.2) is 54.6 Å². The number of hydrogen-bond donors (Lipinski definition) is 3. The number of allylic oxidation sites excluding steroid dienone is 2. The van der Waals surface area contributed by atoms with E-state index in [0.717, 1.165) is 24.6 Å². The summed E-state index contributed by atoms with van der Waals surface area (Å²) in [5.74, 6) is -2.04. The van der Waals surface area contributed by atoms with Crippen molar-refractivity contribution >= 4 is 17.5 Å². The van der Waals surface area contributed by atoms with Crippen molar-refractivity contribution in [2.45, 2.75) is 45.8 Å². The van der Waals surface area contributed by atoms with Crippen LogP contribution in [0.1, 0.15) is 44.2 Å². The average Bonchev–Trinajstić information content (AvgIpc) is 3.30. The molecular formula is C25H31NO6. The van der Waals surface area contributed by atoms with Crippen LogP contribution >= 0.6 is 0 Å². The zero-order chi connectivity index (χ0) is 23.3. The third kappa shape index (κ3) is 8.81. The first-order chi connectivity index (χ1) is 15.4. The van der Waals surface area contributed by atoms with Gasteiger partial charge in [0.15, 0.2) is 11.5 Å². The van der Waals surface area contributed by atoms with Gasteiger partial charge in [-0.1, -0.05) is 42.5 Å². The number of benzene rings is 2. The minimum absolute atomic E-state index is 0.139. The number of ether oxygens (including phenoxy) is 2. The molecule has 0 heterocycles. The quantitative estimate of drug-likeness (QED) is 0.392. The number of carboxylic acids is 2. The number of aliphatic carboxylic acids is 2. The zero-order valence-electron chi connectivity index (χ0n) is 18.5. The molecule has 7 heteroatoms. The van der Waals surface area contributed by atoms with Crippen LogP contribution in [0.2, 0.25) is 0 Å². The van der Waals surface area contributed by atoms with Crippen LogP contribution in [0.25, 0.3) is 5.57 Å². The second kappa shape index (κ2) is 13.2. The molecule has 32 heavy (non-hydrogen) atoms. The summed E-state index contributed by atoms with van der Waals surface area (Å²) in [6.07, 6.45) is 6.23. The predicted octanol–water partition coefficient (Wildman–Crippen LogP) is 4.37. The Hall–Kier alpha value is -3.32. The van der Waals surface area contributed by atoms with Crippen LogP contribution in [0.3, 0.4) is 0 Å². The third-order valence-electron chi connectivity index (χ3n) is 4.60. The van der Waals surface area contributed by atoms with E-state index in [-0.39, 0.29) is 6.10 Å². The Kier molecular flexibility index (Phi) is 10.3.